The third-order valence-corrected chi connectivity index (χ3v) is 1.20. The monoisotopic (exact) mass is 209 g/mol. The van der Waals surface area contributed by atoms with E-state index in [1.54, 1.807) is 0 Å². The van der Waals surface area contributed by atoms with Crippen molar-refractivity contribution in [2.24, 2.45) is 5.18 Å². The number of carbonyl (C=O) groups excluding carboxylic acids is 1. The first-order valence-electron chi connectivity index (χ1n) is 3.66. The second-order valence-corrected chi connectivity index (χ2v) is 2.40. The van der Waals surface area contributed by atoms with E-state index in [2.05, 4.69) is 4.74 Å². The van der Waals surface area contributed by atoms with Gasteiger partial charge in [0, 0.05) is 6.92 Å². The number of nitroso groups, excluding NO2 is 1. The highest BCUT2D eigenvalue weighted by atomic mass is 19.3. The SMILES string of the molecule is CCOC(=O)/C(N=O)=C(\O)C(C)(F)F. The summed E-state index contributed by atoms with van der Waals surface area (Å²) in [6.07, 6.45) is 0. The lowest BCUT2D eigenvalue weighted by atomic mass is 10.2. The summed E-state index contributed by atoms with van der Waals surface area (Å²) in [7, 11) is 0. The van der Waals surface area contributed by atoms with Gasteiger partial charge < -0.3 is 9.84 Å². The van der Waals surface area contributed by atoms with Crippen molar-refractivity contribution in [1.82, 2.24) is 0 Å². The van der Waals surface area contributed by atoms with Crippen LogP contribution in [0.25, 0.3) is 0 Å². The van der Waals surface area contributed by atoms with Gasteiger partial charge in [0.2, 0.25) is 5.70 Å². The van der Waals surface area contributed by atoms with Gasteiger partial charge in [-0.25, -0.2) is 4.79 Å². The molecule has 0 atom stereocenters. The molecule has 5 nitrogen and oxygen atoms in total. The van der Waals surface area contributed by atoms with Gasteiger partial charge in [0.25, 0.3) is 0 Å². The summed E-state index contributed by atoms with van der Waals surface area (Å²) in [6.45, 7) is 1.63. The van der Waals surface area contributed by atoms with Gasteiger partial charge in [0.1, 0.15) is 0 Å². The van der Waals surface area contributed by atoms with Gasteiger partial charge >= 0.3 is 11.9 Å². The van der Waals surface area contributed by atoms with Gasteiger partial charge in [-0.3, -0.25) is 0 Å². The molecule has 0 aromatic heterocycles. The molecule has 0 saturated carbocycles. The number of carbonyl (C=O) groups is 1. The maximum absolute atomic E-state index is 12.4. The molecule has 80 valence electrons. The summed E-state index contributed by atoms with van der Waals surface area (Å²) >= 11 is 0. The summed E-state index contributed by atoms with van der Waals surface area (Å²) in [6, 6.07) is 0. The van der Waals surface area contributed by atoms with Gasteiger partial charge in [0.15, 0.2) is 5.76 Å². The van der Waals surface area contributed by atoms with Crippen LogP contribution in [0.4, 0.5) is 8.78 Å². The van der Waals surface area contributed by atoms with Crippen LogP contribution in [0.5, 0.6) is 0 Å². The van der Waals surface area contributed by atoms with E-state index in [1.165, 1.54) is 6.92 Å². The highest BCUT2D eigenvalue weighted by Crippen LogP contribution is 2.24. The summed E-state index contributed by atoms with van der Waals surface area (Å²) in [5, 5.41) is 10.8. The smallest absolute Gasteiger partial charge is 0.364 e. The molecule has 1 N–H and O–H groups in total. The fraction of sp³-hybridized carbons (Fsp3) is 0.571. The van der Waals surface area contributed by atoms with Gasteiger partial charge in [0.05, 0.1) is 6.61 Å². The Morgan fingerprint density at radius 1 is 1.57 bits per heavy atom. The van der Waals surface area contributed by atoms with E-state index >= 15 is 0 Å². The van der Waals surface area contributed by atoms with E-state index in [9.17, 15) is 18.5 Å². The number of aliphatic hydroxyl groups is 1. The van der Waals surface area contributed by atoms with Crippen LogP contribution in [-0.2, 0) is 9.53 Å². The summed E-state index contributed by atoms with van der Waals surface area (Å²) < 4.78 is 29.1. The van der Waals surface area contributed by atoms with Crippen LogP contribution in [0.2, 0.25) is 0 Å². The van der Waals surface area contributed by atoms with E-state index in [0.717, 1.165) is 0 Å². The number of ether oxygens (including phenoxy) is 1. The Hall–Kier alpha value is -1.53. The largest absolute Gasteiger partial charge is 0.505 e. The Bertz CT molecular complexity index is 269. The highest BCUT2D eigenvalue weighted by Gasteiger charge is 2.34. The van der Waals surface area contributed by atoms with Crippen molar-refractivity contribution in [1.29, 1.82) is 0 Å². The third kappa shape index (κ3) is 3.08. The molecule has 0 spiro atoms. The predicted octanol–water partition coefficient (Wildman–Crippen LogP) is 1.74. The molecule has 0 aliphatic heterocycles. The molecule has 14 heavy (non-hydrogen) atoms. The minimum absolute atomic E-state index is 0.111. The molecular formula is C7H9F2NO4. The number of esters is 1. The minimum atomic E-state index is -3.70. The molecule has 0 heterocycles. The molecule has 0 bridgehead atoms. The van der Waals surface area contributed by atoms with E-state index in [4.69, 9.17) is 5.11 Å². The van der Waals surface area contributed by atoms with Crippen LogP contribution in [0.3, 0.4) is 0 Å². The van der Waals surface area contributed by atoms with Crippen molar-refractivity contribution in [2.45, 2.75) is 19.8 Å². The zero-order valence-corrected chi connectivity index (χ0v) is 7.58. The topological polar surface area (TPSA) is 76.0 Å². The molecule has 0 rings (SSSR count). The molecule has 0 amide bonds. The molecule has 0 fully saturated rings. The Morgan fingerprint density at radius 3 is 2.36 bits per heavy atom. The normalized spacial score (nSPS) is 13.1. The van der Waals surface area contributed by atoms with E-state index in [1.807, 2.05) is 5.18 Å². The van der Waals surface area contributed by atoms with Crippen LogP contribution >= 0.6 is 0 Å². The first-order chi connectivity index (χ1) is 6.34. The van der Waals surface area contributed by atoms with E-state index < -0.39 is 23.3 Å². The third-order valence-electron chi connectivity index (χ3n) is 1.20. The molecule has 0 unspecified atom stereocenters. The molecule has 0 aliphatic carbocycles. The van der Waals surface area contributed by atoms with Crippen LogP contribution in [0.1, 0.15) is 13.8 Å². The number of allylic oxidation sites excluding steroid dienone is 1. The molecule has 0 radical (unpaired) electrons. The number of hydrogen-bond acceptors (Lipinski definition) is 5. The fourth-order valence-electron chi connectivity index (χ4n) is 0.585. The molecule has 0 aromatic carbocycles. The number of halogens is 2. The zero-order chi connectivity index (χ0) is 11.4. The lowest BCUT2D eigenvalue weighted by Crippen LogP contribution is -2.19. The van der Waals surface area contributed by atoms with E-state index in [-0.39, 0.29) is 6.61 Å². The van der Waals surface area contributed by atoms with Crippen molar-refractivity contribution < 1.29 is 23.4 Å². The zero-order valence-electron chi connectivity index (χ0n) is 7.58. The minimum Gasteiger partial charge on any atom is -0.505 e. The first kappa shape index (κ1) is 12.5. The van der Waals surface area contributed by atoms with Gasteiger partial charge in [-0.15, -0.1) is 4.91 Å². The summed E-state index contributed by atoms with van der Waals surface area (Å²) in [5.41, 5.74) is -1.31. The molecule has 7 heteroatoms. The molecule has 0 aliphatic rings. The summed E-state index contributed by atoms with van der Waals surface area (Å²) in [5.74, 6) is -6.76. The van der Waals surface area contributed by atoms with Crippen molar-refractivity contribution in [3.63, 3.8) is 0 Å². The van der Waals surface area contributed by atoms with Crippen LogP contribution in [0, 0.1) is 4.91 Å². The van der Waals surface area contributed by atoms with Crippen molar-refractivity contribution >= 4 is 5.97 Å². The molecule has 0 saturated heterocycles. The Balaban J connectivity index is 5.04. The Morgan fingerprint density at radius 2 is 2.07 bits per heavy atom. The molecule has 0 aromatic rings. The number of rotatable bonds is 4. The van der Waals surface area contributed by atoms with Crippen LogP contribution < -0.4 is 0 Å². The molecular weight excluding hydrogens is 200 g/mol. The lowest BCUT2D eigenvalue weighted by molar-refractivity contribution is -0.139. The van der Waals surface area contributed by atoms with Gasteiger partial charge in [-0.2, -0.15) is 8.78 Å². The maximum Gasteiger partial charge on any atom is 0.364 e. The predicted molar refractivity (Wildman–Crippen MR) is 42.7 cm³/mol. The van der Waals surface area contributed by atoms with Crippen molar-refractivity contribution in [3.8, 4) is 0 Å². The Kier molecular flexibility index (Phi) is 4.13. The second kappa shape index (κ2) is 4.64. The fourth-order valence-corrected chi connectivity index (χ4v) is 0.585. The number of nitrogens with zero attached hydrogens (tertiary/aromatic N) is 1. The van der Waals surface area contributed by atoms with Gasteiger partial charge in [-0.1, -0.05) is 0 Å². The highest BCUT2D eigenvalue weighted by molar-refractivity contribution is 5.88. The summed E-state index contributed by atoms with van der Waals surface area (Å²) in [4.78, 5) is 20.8. The lowest BCUT2D eigenvalue weighted by Gasteiger charge is -2.09. The average molecular weight is 209 g/mol. The Labute approximate surface area is 78.3 Å². The van der Waals surface area contributed by atoms with Crippen molar-refractivity contribution in [2.75, 3.05) is 6.61 Å². The standard InChI is InChI=1S/C7H9F2NO4/c1-3-14-6(12)4(10-13)5(11)7(2,8)9/h11H,3H2,1-2H3/b5-4+. The first-order valence-corrected chi connectivity index (χ1v) is 3.66. The number of aliphatic hydroxyl groups excluding tert-OH is 1. The van der Waals surface area contributed by atoms with Crippen molar-refractivity contribution in [3.05, 3.63) is 16.4 Å². The second-order valence-electron chi connectivity index (χ2n) is 2.40. The van der Waals surface area contributed by atoms with Gasteiger partial charge in [-0.05, 0) is 12.1 Å². The van der Waals surface area contributed by atoms with E-state index in [0.29, 0.717) is 6.92 Å². The average Bonchev–Trinajstić information content (AvgIpc) is 2.04. The number of hydrogen-bond donors (Lipinski definition) is 1. The van der Waals surface area contributed by atoms with Crippen LogP contribution in [-0.4, -0.2) is 23.6 Å². The number of alkyl halides is 2. The maximum atomic E-state index is 12.4. The van der Waals surface area contributed by atoms with Crippen LogP contribution in [0.15, 0.2) is 16.6 Å². The quantitative estimate of drug-likeness (QED) is 0.331.